The highest BCUT2D eigenvalue weighted by atomic mass is 16.5. The maximum atomic E-state index is 5.44. The zero-order valence-electron chi connectivity index (χ0n) is 10.7. The molecule has 1 heterocycles. The fourth-order valence-corrected chi connectivity index (χ4v) is 1.19. The third-order valence-corrected chi connectivity index (χ3v) is 2.49. The molecule has 0 saturated carbocycles. The van der Waals surface area contributed by atoms with E-state index in [4.69, 9.17) is 4.74 Å². The highest BCUT2D eigenvalue weighted by molar-refractivity contribution is 4.56. The highest BCUT2D eigenvalue weighted by Crippen LogP contribution is 1.97. The van der Waals surface area contributed by atoms with Crippen molar-refractivity contribution < 1.29 is 4.74 Å². The Labute approximate surface area is 95.8 Å². The van der Waals surface area contributed by atoms with Gasteiger partial charge in [-0.3, -0.25) is 0 Å². The lowest BCUT2D eigenvalue weighted by Gasteiger charge is -2.09. The van der Waals surface area contributed by atoms with Gasteiger partial charge in [-0.25, -0.2) is 0 Å². The molecule has 2 nitrogen and oxygen atoms in total. The van der Waals surface area contributed by atoms with Crippen LogP contribution in [0, 0.1) is 0 Å². The molecule has 1 rings (SSSR count). The van der Waals surface area contributed by atoms with Gasteiger partial charge in [0.1, 0.15) is 0 Å². The first-order valence-corrected chi connectivity index (χ1v) is 6.70. The molecule has 0 unspecified atom stereocenters. The predicted molar refractivity (Wildman–Crippen MR) is 67.4 cm³/mol. The van der Waals surface area contributed by atoms with Gasteiger partial charge in [-0.05, 0) is 32.4 Å². The van der Waals surface area contributed by atoms with Crippen molar-refractivity contribution in [3.05, 3.63) is 0 Å². The van der Waals surface area contributed by atoms with E-state index in [0.717, 1.165) is 13.2 Å². The van der Waals surface area contributed by atoms with Crippen molar-refractivity contribution in [1.82, 2.24) is 5.32 Å². The third-order valence-electron chi connectivity index (χ3n) is 2.49. The van der Waals surface area contributed by atoms with Crippen LogP contribution in [0.2, 0.25) is 0 Å². The third kappa shape index (κ3) is 13.9. The van der Waals surface area contributed by atoms with Gasteiger partial charge in [0.05, 0.1) is 0 Å². The number of unbranched alkanes of at least 4 members (excludes halogenated alkanes) is 4. The average Bonchev–Trinajstić information content (AvgIpc) is 2.14. The zero-order chi connectivity index (χ0) is 11.2. The minimum absolute atomic E-state index is 0.970. The van der Waals surface area contributed by atoms with E-state index in [0.29, 0.717) is 0 Å². The molecule has 0 aromatic rings. The van der Waals surface area contributed by atoms with Crippen molar-refractivity contribution in [2.75, 3.05) is 26.3 Å². The normalized spacial score (nSPS) is 14.0. The van der Waals surface area contributed by atoms with Crippen molar-refractivity contribution in [2.45, 2.75) is 58.8 Å². The second kappa shape index (κ2) is 13.9. The summed E-state index contributed by atoms with van der Waals surface area (Å²) in [6.45, 7) is 8.88. The quantitative estimate of drug-likeness (QED) is 0.627. The second-order valence-corrected chi connectivity index (χ2v) is 4.13. The SMILES string of the molecule is C1CNC1.CCCCCOCCCCC. The molecule has 1 saturated heterocycles. The van der Waals surface area contributed by atoms with Crippen LogP contribution in [0.3, 0.4) is 0 Å². The van der Waals surface area contributed by atoms with Crippen LogP contribution >= 0.6 is 0 Å². The molecule has 0 bridgehead atoms. The van der Waals surface area contributed by atoms with Crippen molar-refractivity contribution in [2.24, 2.45) is 0 Å². The van der Waals surface area contributed by atoms with Gasteiger partial charge in [0.2, 0.25) is 0 Å². The van der Waals surface area contributed by atoms with Crippen LogP contribution in [0.15, 0.2) is 0 Å². The second-order valence-electron chi connectivity index (χ2n) is 4.13. The van der Waals surface area contributed by atoms with Gasteiger partial charge in [0.25, 0.3) is 0 Å². The van der Waals surface area contributed by atoms with Crippen LogP contribution in [0.25, 0.3) is 0 Å². The standard InChI is InChI=1S/C10H22O.C3H7N/c1-3-5-7-9-11-10-8-6-4-2;1-2-4-3-1/h3-10H2,1-2H3;4H,1-3H2. The Hall–Kier alpha value is -0.0800. The predicted octanol–water partition coefficient (Wildman–Crippen LogP) is 3.36. The summed E-state index contributed by atoms with van der Waals surface area (Å²) in [5, 5.41) is 3.11. The molecule has 0 radical (unpaired) electrons. The first kappa shape index (κ1) is 14.9. The molecule has 92 valence electrons. The van der Waals surface area contributed by atoms with Gasteiger partial charge in [0, 0.05) is 13.2 Å². The number of nitrogens with one attached hydrogen (secondary N) is 1. The van der Waals surface area contributed by atoms with Crippen LogP contribution in [0.1, 0.15) is 58.8 Å². The van der Waals surface area contributed by atoms with Gasteiger partial charge in [-0.2, -0.15) is 0 Å². The zero-order valence-corrected chi connectivity index (χ0v) is 10.7. The van der Waals surface area contributed by atoms with Gasteiger partial charge in [-0.15, -0.1) is 0 Å². The van der Waals surface area contributed by atoms with E-state index < -0.39 is 0 Å². The Bertz CT molecular complexity index is 90.7. The molecule has 2 heteroatoms. The summed E-state index contributed by atoms with van der Waals surface area (Å²) in [4.78, 5) is 0. The number of hydrogen-bond acceptors (Lipinski definition) is 2. The van der Waals surface area contributed by atoms with Gasteiger partial charge >= 0.3 is 0 Å². The lowest BCUT2D eigenvalue weighted by atomic mass is 10.2. The maximum Gasteiger partial charge on any atom is 0.0466 e. The molecule has 1 aliphatic heterocycles. The van der Waals surface area contributed by atoms with Crippen LogP contribution in [-0.2, 0) is 4.74 Å². The summed E-state index contributed by atoms with van der Waals surface area (Å²) in [7, 11) is 0. The first-order chi connectivity index (χ1) is 7.41. The molecule has 15 heavy (non-hydrogen) atoms. The van der Waals surface area contributed by atoms with Gasteiger partial charge in [-0.1, -0.05) is 39.5 Å². The van der Waals surface area contributed by atoms with Crippen molar-refractivity contribution in [3.8, 4) is 0 Å². The van der Waals surface area contributed by atoms with Crippen molar-refractivity contribution >= 4 is 0 Å². The van der Waals surface area contributed by atoms with Crippen LogP contribution in [0.4, 0.5) is 0 Å². The highest BCUT2D eigenvalue weighted by Gasteiger charge is 1.92. The summed E-state index contributed by atoms with van der Waals surface area (Å²) in [6, 6.07) is 0. The monoisotopic (exact) mass is 215 g/mol. The largest absolute Gasteiger partial charge is 0.381 e. The van der Waals surface area contributed by atoms with E-state index in [1.807, 2.05) is 0 Å². The summed E-state index contributed by atoms with van der Waals surface area (Å²) < 4.78 is 5.44. The molecular formula is C13H29NO. The first-order valence-electron chi connectivity index (χ1n) is 6.70. The summed E-state index contributed by atoms with van der Waals surface area (Å²) in [6.07, 6.45) is 9.07. The Morgan fingerprint density at radius 2 is 1.27 bits per heavy atom. The topological polar surface area (TPSA) is 21.3 Å². The van der Waals surface area contributed by atoms with Crippen molar-refractivity contribution in [1.29, 1.82) is 0 Å². The Balaban J connectivity index is 0.000000401. The fraction of sp³-hybridized carbons (Fsp3) is 1.00. The van der Waals surface area contributed by atoms with E-state index in [1.165, 1.54) is 58.0 Å². The van der Waals surface area contributed by atoms with Gasteiger partial charge < -0.3 is 10.1 Å². The smallest absolute Gasteiger partial charge is 0.0466 e. The number of rotatable bonds is 8. The molecule has 0 spiro atoms. The van der Waals surface area contributed by atoms with Crippen LogP contribution < -0.4 is 5.32 Å². The number of ether oxygens (including phenoxy) is 1. The molecule has 0 aromatic carbocycles. The minimum Gasteiger partial charge on any atom is -0.381 e. The number of hydrogen-bond donors (Lipinski definition) is 1. The molecule has 1 aliphatic rings. The van der Waals surface area contributed by atoms with E-state index in [1.54, 1.807) is 0 Å². The molecule has 1 fully saturated rings. The molecule has 0 amide bonds. The lowest BCUT2D eigenvalue weighted by molar-refractivity contribution is 0.126. The summed E-state index contributed by atoms with van der Waals surface area (Å²) in [5.41, 5.74) is 0. The Morgan fingerprint density at radius 3 is 1.53 bits per heavy atom. The van der Waals surface area contributed by atoms with Crippen LogP contribution in [0.5, 0.6) is 0 Å². The van der Waals surface area contributed by atoms with Crippen molar-refractivity contribution in [3.63, 3.8) is 0 Å². The molecule has 0 aliphatic carbocycles. The Kier molecular flexibility index (Phi) is 13.8. The minimum atomic E-state index is 0.970. The van der Waals surface area contributed by atoms with Gasteiger partial charge in [0.15, 0.2) is 0 Å². The van der Waals surface area contributed by atoms with E-state index >= 15 is 0 Å². The summed E-state index contributed by atoms with van der Waals surface area (Å²) >= 11 is 0. The van der Waals surface area contributed by atoms with Crippen LogP contribution in [-0.4, -0.2) is 26.3 Å². The average molecular weight is 215 g/mol. The molecule has 0 atom stereocenters. The summed E-state index contributed by atoms with van der Waals surface area (Å²) in [5.74, 6) is 0. The maximum absolute atomic E-state index is 5.44. The van der Waals surface area contributed by atoms with E-state index in [9.17, 15) is 0 Å². The lowest BCUT2D eigenvalue weighted by Crippen LogP contribution is -2.29. The van der Waals surface area contributed by atoms with E-state index in [2.05, 4.69) is 19.2 Å². The Morgan fingerprint density at radius 1 is 0.867 bits per heavy atom. The molecule has 0 aromatic heterocycles. The fourth-order valence-electron chi connectivity index (χ4n) is 1.19. The molecular weight excluding hydrogens is 186 g/mol. The van der Waals surface area contributed by atoms with E-state index in [-0.39, 0.29) is 0 Å². The molecule has 1 N–H and O–H groups in total.